The van der Waals surface area contributed by atoms with E-state index in [1.165, 1.54) is 9.80 Å². The minimum absolute atomic E-state index is 0.184. The summed E-state index contributed by atoms with van der Waals surface area (Å²) in [6.07, 6.45) is 4.09. The van der Waals surface area contributed by atoms with E-state index in [1.807, 2.05) is 32.3 Å². The molecule has 0 saturated heterocycles. The number of benzene rings is 2. The van der Waals surface area contributed by atoms with Crippen LogP contribution >= 0.6 is 0 Å². The van der Waals surface area contributed by atoms with Gasteiger partial charge in [-0.25, -0.2) is 4.98 Å². The van der Waals surface area contributed by atoms with Crippen molar-refractivity contribution >= 4 is 34.3 Å². The lowest BCUT2D eigenvalue weighted by molar-refractivity contribution is 0.0579. The standard InChI is InChI=1S/C29H33N5O3/c1-7-9-11-18(8-2)16-34-27(35)21-13-10-12-19-20(14-15-22(23(19)21)28(34)36)25-30-26-24(33(25)6)29(37)32(5)17(3)31(26)4/h10,12-15,18H,3,7-9,11,16H2,1-2,4-6H3. The van der Waals surface area contributed by atoms with Gasteiger partial charge in [0.05, 0.1) is 0 Å². The van der Waals surface area contributed by atoms with Crippen LogP contribution in [0.1, 0.15) is 70.7 Å². The molecule has 0 spiro atoms. The van der Waals surface area contributed by atoms with Gasteiger partial charge in [-0.3, -0.25) is 24.2 Å². The van der Waals surface area contributed by atoms with Crippen molar-refractivity contribution < 1.29 is 14.4 Å². The Morgan fingerprint density at radius 2 is 1.57 bits per heavy atom. The zero-order valence-corrected chi connectivity index (χ0v) is 22.2. The highest BCUT2D eigenvalue weighted by Crippen LogP contribution is 2.39. The van der Waals surface area contributed by atoms with Gasteiger partial charge in [0.25, 0.3) is 17.7 Å². The predicted octanol–water partition coefficient (Wildman–Crippen LogP) is 5.05. The number of nitrogens with zero attached hydrogens (tertiary/aromatic N) is 5. The number of imide groups is 1. The molecule has 3 heterocycles. The monoisotopic (exact) mass is 499 g/mol. The highest BCUT2D eigenvalue weighted by Gasteiger charge is 2.37. The molecule has 2 aliphatic rings. The van der Waals surface area contributed by atoms with Gasteiger partial charge >= 0.3 is 0 Å². The van der Waals surface area contributed by atoms with Gasteiger partial charge in [0, 0.05) is 49.8 Å². The Balaban J connectivity index is 1.62. The summed E-state index contributed by atoms with van der Waals surface area (Å²) >= 11 is 0. The number of rotatable bonds is 7. The highest BCUT2D eigenvalue weighted by atomic mass is 16.2. The SMILES string of the molecule is C=C1N(C)C(=O)c2c(nc(-c3ccc4c5c(cccc35)C(=O)N(CC(CC)CCCC)C4=O)n2C)N1C. The van der Waals surface area contributed by atoms with E-state index in [2.05, 4.69) is 20.4 Å². The summed E-state index contributed by atoms with van der Waals surface area (Å²) in [5.41, 5.74) is 2.28. The molecular formula is C29H33N5O3. The fourth-order valence-corrected chi connectivity index (χ4v) is 5.50. The second kappa shape index (κ2) is 9.18. The van der Waals surface area contributed by atoms with Crippen molar-refractivity contribution in [1.29, 1.82) is 0 Å². The molecule has 1 aromatic heterocycles. The highest BCUT2D eigenvalue weighted by molar-refractivity contribution is 6.26. The smallest absolute Gasteiger partial charge is 0.279 e. The van der Waals surface area contributed by atoms with E-state index in [-0.39, 0.29) is 23.6 Å². The molecule has 37 heavy (non-hydrogen) atoms. The molecule has 5 rings (SSSR count). The molecule has 1 atom stereocenters. The number of anilines is 1. The predicted molar refractivity (Wildman–Crippen MR) is 144 cm³/mol. The first kappa shape index (κ1) is 24.7. The van der Waals surface area contributed by atoms with E-state index in [4.69, 9.17) is 4.98 Å². The lowest BCUT2D eigenvalue weighted by Gasteiger charge is -2.32. The molecule has 2 aromatic carbocycles. The minimum atomic E-state index is -0.248. The second-order valence-electron chi connectivity index (χ2n) is 10.0. The number of hydrogen-bond donors (Lipinski definition) is 0. The number of unbranched alkanes of at least 4 members (excludes halogenated alkanes) is 1. The Morgan fingerprint density at radius 3 is 2.24 bits per heavy atom. The first-order valence-electron chi connectivity index (χ1n) is 12.9. The maximum atomic E-state index is 13.6. The molecule has 0 fully saturated rings. The molecule has 3 aromatic rings. The summed E-state index contributed by atoms with van der Waals surface area (Å²) < 4.78 is 1.78. The molecule has 8 heteroatoms. The summed E-state index contributed by atoms with van der Waals surface area (Å²) in [4.78, 5) is 49.8. The van der Waals surface area contributed by atoms with Gasteiger partial charge in [0.1, 0.15) is 11.6 Å². The van der Waals surface area contributed by atoms with Crippen LogP contribution in [0.2, 0.25) is 0 Å². The molecule has 2 aliphatic heterocycles. The Morgan fingerprint density at radius 1 is 0.892 bits per heavy atom. The number of hydrogen-bond acceptors (Lipinski definition) is 5. The molecule has 0 saturated carbocycles. The minimum Gasteiger partial charge on any atom is -0.321 e. The fraction of sp³-hybridized carbons (Fsp3) is 0.379. The first-order chi connectivity index (χ1) is 17.7. The fourth-order valence-electron chi connectivity index (χ4n) is 5.50. The van der Waals surface area contributed by atoms with Crippen molar-refractivity contribution in [3.8, 4) is 11.4 Å². The van der Waals surface area contributed by atoms with E-state index in [0.717, 1.165) is 36.6 Å². The van der Waals surface area contributed by atoms with Crippen LogP contribution in [-0.4, -0.2) is 57.7 Å². The van der Waals surface area contributed by atoms with Crippen LogP contribution in [0.15, 0.2) is 42.7 Å². The van der Waals surface area contributed by atoms with Gasteiger partial charge in [-0.2, -0.15) is 0 Å². The number of carbonyl (C=O) groups excluding carboxylic acids is 3. The Kier molecular flexibility index (Phi) is 6.14. The topological polar surface area (TPSA) is 78.8 Å². The van der Waals surface area contributed by atoms with Crippen LogP contribution in [0.25, 0.3) is 22.2 Å². The van der Waals surface area contributed by atoms with Crippen LogP contribution in [-0.2, 0) is 7.05 Å². The van der Waals surface area contributed by atoms with Gasteiger partial charge in [-0.1, -0.05) is 51.8 Å². The lowest BCUT2D eigenvalue weighted by atomic mass is 9.90. The Hall–Kier alpha value is -3.94. The zero-order valence-electron chi connectivity index (χ0n) is 22.2. The van der Waals surface area contributed by atoms with Gasteiger partial charge < -0.3 is 9.47 Å². The molecule has 3 amide bonds. The van der Waals surface area contributed by atoms with Crippen LogP contribution in [0.5, 0.6) is 0 Å². The van der Waals surface area contributed by atoms with Gasteiger partial charge in [0.2, 0.25) is 0 Å². The lowest BCUT2D eigenvalue weighted by Crippen LogP contribution is -2.43. The Bertz CT molecular complexity index is 1450. The molecule has 1 unspecified atom stereocenters. The van der Waals surface area contributed by atoms with Crippen molar-refractivity contribution in [3.63, 3.8) is 0 Å². The van der Waals surface area contributed by atoms with Gasteiger partial charge in [0.15, 0.2) is 11.5 Å². The van der Waals surface area contributed by atoms with Crippen molar-refractivity contribution in [3.05, 3.63) is 59.6 Å². The van der Waals surface area contributed by atoms with Gasteiger partial charge in [-0.05, 0) is 35.9 Å². The zero-order chi connectivity index (χ0) is 26.6. The van der Waals surface area contributed by atoms with E-state index in [9.17, 15) is 14.4 Å². The third-order valence-electron chi connectivity index (χ3n) is 7.89. The Labute approximate surface area is 217 Å². The van der Waals surface area contributed by atoms with Gasteiger partial charge in [-0.15, -0.1) is 0 Å². The second-order valence-corrected chi connectivity index (χ2v) is 10.0. The van der Waals surface area contributed by atoms with Crippen molar-refractivity contribution in [2.45, 2.75) is 39.5 Å². The third kappa shape index (κ3) is 3.65. The normalized spacial score (nSPS) is 16.2. The quantitative estimate of drug-likeness (QED) is 0.425. The maximum absolute atomic E-state index is 13.6. The van der Waals surface area contributed by atoms with Crippen molar-refractivity contribution in [1.82, 2.24) is 19.4 Å². The van der Waals surface area contributed by atoms with E-state index >= 15 is 0 Å². The van der Waals surface area contributed by atoms with Crippen molar-refractivity contribution in [2.75, 3.05) is 25.5 Å². The number of aromatic nitrogens is 2. The van der Waals surface area contributed by atoms with Crippen LogP contribution in [0, 0.1) is 5.92 Å². The molecule has 0 bridgehead atoms. The van der Waals surface area contributed by atoms with Crippen LogP contribution in [0.3, 0.4) is 0 Å². The third-order valence-corrected chi connectivity index (χ3v) is 7.89. The average Bonchev–Trinajstić information content (AvgIpc) is 3.25. The first-order valence-corrected chi connectivity index (χ1v) is 12.9. The summed E-state index contributed by atoms with van der Waals surface area (Å²) in [6, 6.07) is 9.22. The van der Waals surface area contributed by atoms with Crippen molar-refractivity contribution in [2.24, 2.45) is 13.0 Å². The molecule has 8 nitrogen and oxygen atoms in total. The largest absolute Gasteiger partial charge is 0.321 e. The van der Waals surface area contributed by atoms with E-state index < -0.39 is 0 Å². The van der Waals surface area contributed by atoms with E-state index in [1.54, 1.807) is 28.6 Å². The number of amides is 3. The number of imidazole rings is 1. The maximum Gasteiger partial charge on any atom is 0.279 e. The van der Waals surface area contributed by atoms with Crippen LogP contribution < -0.4 is 4.90 Å². The summed E-state index contributed by atoms with van der Waals surface area (Å²) in [7, 11) is 5.33. The molecule has 0 N–H and O–H groups in total. The molecule has 192 valence electrons. The molecular weight excluding hydrogens is 466 g/mol. The van der Waals surface area contributed by atoms with E-state index in [0.29, 0.717) is 46.2 Å². The molecule has 0 radical (unpaired) electrons. The molecule has 0 aliphatic carbocycles. The average molecular weight is 500 g/mol. The summed E-state index contributed by atoms with van der Waals surface area (Å²) in [6.45, 7) is 8.70. The summed E-state index contributed by atoms with van der Waals surface area (Å²) in [5, 5.41) is 1.41. The summed E-state index contributed by atoms with van der Waals surface area (Å²) in [5.74, 6) is 1.27. The number of carbonyl (C=O) groups is 3. The van der Waals surface area contributed by atoms with Crippen LogP contribution in [0.4, 0.5) is 5.82 Å². The number of fused-ring (bicyclic) bond motifs is 1.